The van der Waals surface area contributed by atoms with E-state index in [1.807, 2.05) is 0 Å². The van der Waals surface area contributed by atoms with Crippen molar-refractivity contribution in [3.8, 4) is 0 Å². The summed E-state index contributed by atoms with van der Waals surface area (Å²) < 4.78 is 0. The molecule has 0 aliphatic rings. The first-order valence-corrected chi connectivity index (χ1v) is 6.78. The first-order valence-electron chi connectivity index (χ1n) is 6.78. The Morgan fingerprint density at radius 3 is 1.45 bits per heavy atom. The van der Waals surface area contributed by atoms with Gasteiger partial charge in [-0.15, -0.1) is 0 Å². The van der Waals surface area contributed by atoms with Crippen LogP contribution in [-0.2, 0) is 19.2 Å². The van der Waals surface area contributed by atoms with Crippen LogP contribution in [0.2, 0.25) is 0 Å². The molecule has 0 unspecified atom stereocenters. The Bertz CT molecular complexity index is 358. The fraction of sp³-hybridized carbons (Fsp3) is 0.429. The highest BCUT2D eigenvalue weighted by Gasteiger charge is 2.05. The first kappa shape index (κ1) is 19.4. The van der Waals surface area contributed by atoms with Gasteiger partial charge in [-0.25, -0.2) is 0 Å². The van der Waals surface area contributed by atoms with Crippen molar-refractivity contribution >= 4 is 24.6 Å². The second-order valence-corrected chi connectivity index (χ2v) is 4.25. The van der Waals surface area contributed by atoms with Crippen molar-refractivity contribution in [2.75, 3.05) is 26.2 Å². The van der Waals surface area contributed by atoms with Gasteiger partial charge in [-0.05, 0) is 12.4 Å². The van der Waals surface area contributed by atoms with Crippen molar-refractivity contribution in [3.05, 3.63) is 25.6 Å². The lowest BCUT2D eigenvalue weighted by atomic mass is 10.3. The summed E-state index contributed by atoms with van der Waals surface area (Å²) in [7, 11) is 0. The third-order valence-corrected chi connectivity index (χ3v) is 2.70. The van der Waals surface area contributed by atoms with Gasteiger partial charge in [0.2, 0.25) is 24.6 Å². The molecule has 0 aromatic rings. The largest absolute Gasteiger partial charge is 0.354 e. The molecule has 8 nitrogen and oxygen atoms in total. The third-order valence-electron chi connectivity index (χ3n) is 2.70. The molecule has 122 valence electrons. The summed E-state index contributed by atoms with van der Waals surface area (Å²) in [6, 6.07) is 0. The molecule has 0 aliphatic heterocycles. The van der Waals surface area contributed by atoms with E-state index in [2.05, 4.69) is 23.8 Å². The monoisotopic (exact) mass is 310 g/mol. The van der Waals surface area contributed by atoms with Gasteiger partial charge in [0.05, 0.1) is 0 Å². The van der Waals surface area contributed by atoms with E-state index >= 15 is 0 Å². The molecule has 8 heteroatoms. The lowest BCUT2D eigenvalue weighted by Gasteiger charge is -2.12. The minimum atomic E-state index is -0.221. The van der Waals surface area contributed by atoms with Gasteiger partial charge in [-0.2, -0.15) is 0 Å². The molecule has 4 amide bonds. The average molecular weight is 310 g/mol. The summed E-state index contributed by atoms with van der Waals surface area (Å²) in [6.45, 7) is 7.96. The zero-order valence-corrected chi connectivity index (χ0v) is 12.5. The number of rotatable bonds is 13. The first-order chi connectivity index (χ1) is 10.6. The molecule has 0 saturated heterocycles. The molecule has 0 fully saturated rings. The van der Waals surface area contributed by atoms with Crippen molar-refractivity contribution in [2.45, 2.75) is 12.8 Å². The molecule has 0 saturated carbocycles. The molecule has 22 heavy (non-hydrogen) atoms. The van der Waals surface area contributed by atoms with Gasteiger partial charge in [-0.3, -0.25) is 19.2 Å². The second kappa shape index (κ2) is 12.1. The fourth-order valence-corrected chi connectivity index (χ4v) is 1.42. The van der Waals surface area contributed by atoms with E-state index in [0.717, 1.165) is 0 Å². The molecule has 0 aliphatic carbocycles. The molecule has 0 rings (SSSR count). The summed E-state index contributed by atoms with van der Waals surface area (Å²) in [5.74, 6) is -0.441. The van der Waals surface area contributed by atoms with E-state index in [1.165, 1.54) is 22.2 Å². The molecular weight excluding hydrogens is 288 g/mol. The van der Waals surface area contributed by atoms with Crippen molar-refractivity contribution in [1.82, 2.24) is 20.4 Å². The van der Waals surface area contributed by atoms with E-state index in [0.29, 0.717) is 25.9 Å². The highest BCUT2D eigenvalue weighted by Crippen LogP contribution is 1.89. The molecule has 0 radical (unpaired) electrons. The van der Waals surface area contributed by atoms with Crippen molar-refractivity contribution in [2.24, 2.45) is 0 Å². The Hall–Kier alpha value is -2.64. The van der Waals surface area contributed by atoms with Gasteiger partial charge in [0.25, 0.3) is 0 Å². The smallest absolute Gasteiger partial charge is 0.221 e. The van der Waals surface area contributed by atoms with E-state index in [4.69, 9.17) is 0 Å². The average Bonchev–Trinajstić information content (AvgIpc) is 2.53. The van der Waals surface area contributed by atoms with Gasteiger partial charge < -0.3 is 20.4 Å². The van der Waals surface area contributed by atoms with Crippen molar-refractivity contribution in [1.29, 1.82) is 0 Å². The maximum absolute atomic E-state index is 11.5. The van der Waals surface area contributed by atoms with Crippen LogP contribution in [0.4, 0.5) is 0 Å². The van der Waals surface area contributed by atoms with Crippen LogP contribution in [0.1, 0.15) is 12.8 Å². The Balaban J connectivity index is 3.70. The summed E-state index contributed by atoms with van der Waals surface area (Å²) >= 11 is 0. The van der Waals surface area contributed by atoms with Crippen LogP contribution >= 0.6 is 0 Å². The number of nitrogens with one attached hydrogen (secondary N) is 2. The van der Waals surface area contributed by atoms with Crippen LogP contribution in [0.15, 0.2) is 25.6 Å². The Labute approximate surface area is 129 Å². The lowest BCUT2D eigenvalue weighted by Crippen LogP contribution is -2.36. The fourth-order valence-electron chi connectivity index (χ4n) is 1.42. The van der Waals surface area contributed by atoms with Gasteiger partial charge in [-0.1, -0.05) is 13.2 Å². The molecule has 0 aromatic carbocycles. The van der Waals surface area contributed by atoms with Gasteiger partial charge in [0.1, 0.15) is 0 Å². The summed E-state index contributed by atoms with van der Waals surface area (Å²) in [6.07, 6.45) is 4.18. The minimum absolute atomic E-state index is 0.159. The Kier molecular flexibility index (Phi) is 10.7. The molecule has 2 N–H and O–H groups in total. The number of hydrogen-bond donors (Lipinski definition) is 2. The van der Waals surface area contributed by atoms with Gasteiger partial charge >= 0.3 is 0 Å². The van der Waals surface area contributed by atoms with E-state index in [-0.39, 0.29) is 37.7 Å². The van der Waals surface area contributed by atoms with Crippen LogP contribution < -0.4 is 10.6 Å². The van der Waals surface area contributed by atoms with Gasteiger partial charge in [0, 0.05) is 39.0 Å². The molecule has 0 bridgehead atoms. The van der Waals surface area contributed by atoms with E-state index in [1.54, 1.807) is 0 Å². The van der Waals surface area contributed by atoms with E-state index in [9.17, 15) is 19.2 Å². The SMILES string of the molecule is C=CN(C=O)CCC(=O)NCCNC(=O)CCN(C=C)C=O. The lowest BCUT2D eigenvalue weighted by molar-refractivity contribution is -0.124. The van der Waals surface area contributed by atoms with Crippen LogP contribution in [0, 0.1) is 0 Å². The highest BCUT2D eigenvalue weighted by atomic mass is 16.2. The van der Waals surface area contributed by atoms with Crippen molar-refractivity contribution < 1.29 is 19.2 Å². The number of hydrogen-bond acceptors (Lipinski definition) is 4. The maximum atomic E-state index is 11.5. The van der Waals surface area contributed by atoms with Crippen LogP contribution in [-0.4, -0.2) is 60.6 Å². The number of amides is 4. The van der Waals surface area contributed by atoms with Gasteiger partial charge in [0.15, 0.2) is 0 Å². The number of carbonyl (C=O) groups is 4. The van der Waals surface area contributed by atoms with Crippen molar-refractivity contribution in [3.63, 3.8) is 0 Å². The minimum Gasteiger partial charge on any atom is -0.354 e. The maximum Gasteiger partial charge on any atom is 0.221 e. The quantitative estimate of drug-likeness (QED) is 0.344. The standard InChI is InChI=1S/C14H22N4O4/c1-3-17(11-19)9-5-13(21)15-7-8-16-14(22)6-10-18(4-2)12-20/h3-4,11-12H,1-2,5-10H2,(H,15,21)(H,16,22). The second-order valence-electron chi connectivity index (χ2n) is 4.25. The zero-order valence-electron chi connectivity index (χ0n) is 12.5. The molecule has 0 heterocycles. The number of nitrogens with zero attached hydrogens (tertiary/aromatic N) is 2. The Morgan fingerprint density at radius 1 is 0.818 bits per heavy atom. The molecule has 0 spiro atoms. The van der Waals surface area contributed by atoms with Crippen LogP contribution in [0.5, 0.6) is 0 Å². The molecular formula is C14H22N4O4. The third kappa shape index (κ3) is 9.29. The summed E-state index contributed by atoms with van der Waals surface area (Å²) in [5, 5.41) is 5.23. The highest BCUT2D eigenvalue weighted by molar-refractivity contribution is 5.77. The molecule has 0 atom stereocenters. The predicted octanol–water partition coefficient (Wildman–Crippen LogP) is -0.797. The van der Waals surface area contributed by atoms with Crippen LogP contribution in [0.3, 0.4) is 0 Å². The topological polar surface area (TPSA) is 98.8 Å². The normalized spacial score (nSPS) is 9.27. The number of carbonyl (C=O) groups excluding carboxylic acids is 4. The molecule has 0 aromatic heterocycles. The van der Waals surface area contributed by atoms with E-state index < -0.39 is 0 Å². The zero-order chi connectivity index (χ0) is 16.8. The Morgan fingerprint density at radius 2 is 1.18 bits per heavy atom. The predicted molar refractivity (Wildman–Crippen MR) is 81.2 cm³/mol. The summed E-state index contributed by atoms with van der Waals surface area (Å²) in [4.78, 5) is 46.4. The van der Waals surface area contributed by atoms with Crippen LogP contribution in [0.25, 0.3) is 0 Å². The summed E-state index contributed by atoms with van der Waals surface area (Å²) in [5.41, 5.74) is 0.